The summed E-state index contributed by atoms with van der Waals surface area (Å²) in [6.07, 6.45) is 0. The van der Waals surface area contributed by atoms with Crippen LogP contribution in [0.4, 0.5) is 10.5 Å². The van der Waals surface area contributed by atoms with Crippen LogP contribution in [0, 0.1) is 18.3 Å². The maximum Gasteiger partial charge on any atom is 0.337 e. The quantitative estimate of drug-likeness (QED) is 0.910. The van der Waals surface area contributed by atoms with Crippen LogP contribution in [0.3, 0.4) is 0 Å². The summed E-state index contributed by atoms with van der Waals surface area (Å²) in [5.74, 6) is 0. The molecule has 0 saturated carbocycles. The van der Waals surface area contributed by atoms with Crippen molar-refractivity contribution in [3.05, 3.63) is 60.2 Å². The highest BCUT2D eigenvalue weighted by Gasteiger charge is 2.34. The predicted octanol–water partition coefficient (Wildman–Crippen LogP) is 3.20. The number of nitrogens with one attached hydrogen (secondary N) is 1. The molecule has 0 aliphatic rings. The van der Waals surface area contributed by atoms with E-state index in [0.29, 0.717) is 5.69 Å². The van der Waals surface area contributed by atoms with Gasteiger partial charge in [0.1, 0.15) is 5.54 Å². The summed E-state index contributed by atoms with van der Waals surface area (Å²) >= 11 is 0. The molecule has 0 bridgehead atoms. The van der Waals surface area contributed by atoms with Crippen molar-refractivity contribution in [2.24, 2.45) is 0 Å². The Balaban J connectivity index is 2.38. The minimum atomic E-state index is -4.05. The Morgan fingerprint density at radius 2 is 1.64 bits per heavy atom. The molecule has 0 unspecified atom stereocenters. The van der Waals surface area contributed by atoms with Gasteiger partial charge in [-0.1, -0.05) is 35.9 Å². The number of carbonyl (C=O) groups is 1. The number of hydrogen-bond donors (Lipinski definition) is 1. The first-order valence-electron chi connectivity index (χ1n) is 7.57. The van der Waals surface area contributed by atoms with Crippen LogP contribution in [0.1, 0.15) is 19.4 Å². The van der Waals surface area contributed by atoms with E-state index in [2.05, 4.69) is 0 Å². The van der Waals surface area contributed by atoms with Gasteiger partial charge in [0.2, 0.25) is 0 Å². The van der Waals surface area contributed by atoms with Gasteiger partial charge in [-0.2, -0.15) is 5.26 Å². The van der Waals surface area contributed by atoms with Gasteiger partial charge in [0, 0.05) is 5.69 Å². The molecule has 2 rings (SSSR count). The Labute approximate surface area is 147 Å². The second-order valence-corrected chi connectivity index (χ2v) is 7.75. The zero-order chi connectivity index (χ0) is 18.7. The molecule has 0 aliphatic carbocycles. The molecule has 0 fully saturated rings. The van der Waals surface area contributed by atoms with Crippen molar-refractivity contribution in [3.63, 3.8) is 0 Å². The van der Waals surface area contributed by atoms with E-state index in [1.54, 1.807) is 42.5 Å². The first kappa shape index (κ1) is 18.5. The summed E-state index contributed by atoms with van der Waals surface area (Å²) in [6.45, 7) is 4.91. The largest absolute Gasteiger partial charge is 0.337 e. The Kier molecular flexibility index (Phi) is 5.14. The number of sulfonamides is 1. The second-order valence-electron chi connectivity index (χ2n) is 6.07. The van der Waals surface area contributed by atoms with Crippen LogP contribution in [-0.2, 0) is 10.0 Å². The first-order chi connectivity index (χ1) is 11.7. The highest BCUT2D eigenvalue weighted by atomic mass is 32.2. The van der Waals surface area contributed by atoms with Gasteiger partial charge in [0.25, 0.3) is 10.0 Å². The Bertz CT molecular complexity index is 899. The number of urea groups is 1. The Morgan fingerprint density at radius 1 is 1.08 bits per heavy atom. The van der Waals surface area contributed by atoms with Gasteiger partial charge in [-0.15, -0.1) is 0 Å². The standard InChI is InChI=1S/C18H19N3O3S/c1-14-9-11-16(12-10-14)25(23,24)20-17(22)21(18(2,3)13-19)15-7-5-4-6-8-15/h4-12H,1-3H3,(H,20,22). The van der Waals surface area contributed by atoms with Crippen molar-refractivity contribution in [2.45, 2.75) is 31.2 Å². The summed E-state index contributed by atoms with van der Waals surface area (Å²) in [5, 5.41) is 9.40. The molecule has 0 spiro atoms. The van der Waals surface area contributed by atoms with Gasteiger partial charge < -0.3 is 0 Å². The molecule has 0 aliphatic heterocycles. The lowest BCUT2D eigenvalue weighted by Crippen LogP contribution is -2.53. The van der Waals surface area contributed by atoms with Gasteiger partial charge in [-0.3, -0.25) is 4.90 Å². The van der Waals surface area contributed by atoms with Crippen LogP contribution < -0.4 is 9.62 Å². The molecule has 2 amide bonds. The predicted molar refractivity (Wildman–Crippen MR) is 95.5 cm³/mol. The number of carbonyl (C=O) groups excluding carboxylic acids is 1. The molecule has 1 N–H and O–H groups in total. The molecule has 0 radical (unpaired) electrons. The SMILES string of the molecule is Cc1ccc(S(=O)(=O)NC(=O)N(c2ccccc2)C(C)(C)C#N)cc1. The van der Waals surface area contributed by atoms with Crippen molar-refractivity contribution in [3.8, 4) is 6.07 Å². The van der Waals surface area contributed by atoms with E-state index in [1.807, 2.05) is 17.7 Å². The van der Waals surface area contributed by atoms with E-state index in [1.165, 1.54) is 26.0 Å². The average molecular weight is 357 g/mol. The van der Waals surface area contributed by atoms with Crippen molar-refractivity contribution >= 4 is 21.7 Å². The van der Waals surface area contributed by atoms with Crippen LogP contribution in [0.15, 0.2) is 59.5 Å². The molecule has 0 heterocycles. The van der Waals surface area contributed by atoms with Crippen LogP contribution in [-0.4, -0.2) is 20.0 Å². The summed E-state index contributed by atoms with van der Waals surface area (Å²) in [4.78, 5) is 13.8. The number of nitriles is 1. The smallest absolute Gasteiger partial charge is 0.275 e. The average Bonchev–Trinajstić information content (AvgIpc) is 2.55. The van der Waals surface area contributed by atoms with E-state index < -0.39 is 21.6 Å². The van der Waals surface area contributed by atoms with Crippen LogP contribution >= 0.6 is 0 Å². The highest BCUT2D eigenvalue weighted by Crippen LogP contribution is 2.24. The topological polar surface area (TPSA) is 90.3 Å². The first-order valence-corrected chi connectivity index (χ1v) is 9.06. The summed E-state index contributed by atoms with van der Waals surface area (Å²) < 4.78 is 27.0. The molecule has 6 nitrogen and oxygen atoms in total. The summed E-state index contributed by atoms with van der Waals surface area (Å²) in [5.41, 5.74) is 0.0845. The fourth-order valence-corrected chi connectivity index (χ4v) is 3.19. The fourth-order valence-electron chi connectivity index (χ4n) is 2.26. The minimum absolute atomic E-state index is 0.0192. The van der Waals surface area contributed by atoms with Crippen molar-refractivity contribution in [1.82, 2.24) is 4.72 Å². The molecule has 0 atom stereocenters. The van der Waals surface area contributed by atoms with Crippen LogP contribution in [0.25, 0.3) is 0 Å². The van der Waals surface area contributed by atoms with E-state index in [9.17, 15) is 18.5 Å². The van der Waals surface area contributed by atoms with E-state index in [0.717, 1.165) is 10.5 Å². The van der Waals surface area contributed by atoms with Gasteiger partial charge in [0.05, 0.1) is 11.0 Å². The second kappa shape index (κ2) is 6.95. The molecule has 0 saturated heterocycles. The lowest BCUT2D eigenvalue weighted by molar-refractivity contribution is 0.247. The lowest BCUT2D eigenvalue weighted by atomic mass is 10.0. The van der Waals surface area contributed by atoms with Crippen LogP contribution in [0.5, 0.6) is 0 Å². The zero-order valence-electron chi connectivity index (χ0n) is 14.2. The monoisotopic (exact) mass is 357 g/mol. The molecular formula is C18H19N3O3S. The molecule has 0 aromatic heterocycles. The maximum atomic E-state index is 12.7. The highest BCUT2D eigenvalue weighted by molar-refractivity contribution is 7.90. The third-order valence-corrected chi connectivity index (χ3v) is 4.94. The van der Waals surface area contributed by atoms with Crippen molar-refractivity contribution in [2.75, 3.05) is 4.90 Å². The zero-order valence-corrected chi connectivity index (χ0v) is 15.0. The van der Waals surface area contributed by atoms with E-state index in [4.69, 9.17) is 0 Å². The van der Waals surface area contributed by atoms with Gasteiger partial charge >= 0.3 is 6.03 Å². The maximum absolute atomic E-state index is 12.7. The fraction of sp³-hybridized carbons (Fsp3) is 0.222. The van der Waals surface area contributed by atoms with Crippen molar-refractivity contribution < 1.29 is 13.2 Å². The summed E-state index contributed by atoms with van der Waals surface area (Å²) in [6, 6.07) is 15.7. The molecule has 2 aromatic carbocycles. The molecular weight excluding hydrogens is 338 g/mol. The Hall–Kier alpha value is -2.85. The minimum Gasteiger partial charge on any atom is -0.275 e. The van der Waals surface area contributed by atoms with E-state index in [-0.39, 0.29) is 4.90 Å². The number of para-hydroxylation sites is 1. The Morgan fingerprint density at radius 3 is 2.16 bits per heavy atom. The number of rotatable bonds is 4. The third kappa shape index (κ3) is 4.17. The number of amides is 2. The van der Waals surface area contributed by atoms with E-state index >= 15 is 0 Å². The van der Waals surface area contributed by atoms with Gasteiger partial charge in [-0.25, -0.2) is 17.9 Å². The molecule has 25 heavy (non-hydrogen) atoms. The molecule has 7 heteroatoms. The normalized spacial score (nSPS) is 11.4. The molecule has 130 valence electrons. The van der Waals surface area contributed by atoms with Gasteiger partial charge in [-0.05, 0) is 45.0 Å². The number of aryl methyl sites for hydroxylation is 1. The molecule has 2 aromatic rings. The number of nitrogens with zero attached hydrogens (tertiary/aromatic N) is 2. The lowest BCUT2D eigenvalue weighted by Gasteiger charge is -2.32. The number of benzene rings is 2. The number of hydrogen-bond acceptors (Lipinski definition) is 4. The van der Waals surface area contributed by atoms with Crippen molar-refractivity contribution in [1.29, 1.82) is 5.26 Å². The van der Waals surface area contributed by atoms with Gasteiger partial charge in [0.15, 0.2) is 0 Å². The third-order valence-electron chi connectivity index (χ3n) is 3.60. The number of anilines is 1. The van der Waals surface area contributed by atoms with Crippen LogP contribution in [0.2, 0.25) is 0 Å². The summed E-state index contributed by atoms with van der Waals surface area (Å²) in [7, 11) is -4.05.